The molecule has 1 saturated heterocycles. The van der Waals surface area contributed by atoms with Crippen molar-refractivity contribution >= 4 is 11.9 Å². The third-order valence-corrected chi connectivity index (χ3v) is 7.51. The van der Waals surface area contributed by atoms with Gasteiger partial charge in [-0.25, -0.2) is 4.79 Å². The summed E-state index contributed by atoms with van der Waals surface area (Å²) in [6, 6.07) is 7.74. The van der Waals surface area contributed by atoms with Crippen LogP contribution >= 0.6 is 0 Å². The number of aliphatic carboxylic acids is 2. The summed E-state index contributed by atoms with van der Waals surface area (Å²) >= 11 is 0. The van der Waals surface area contributed by atoms with Crippen molar-refractivity contribution in [3.63, 3.8) is 0 Å². The molecular weight excluding hydrogens is 647 g/mol. The van der Waals surface area contributed by atoms with Gasteiger partial charge in [0.2, 0.25) is 0 Å². The lowest BCUT2D eigenvalue weighted by molar-refractivity contribution is -0.289. The van der Waals surface area contributed by atoms with Crippen LogP contribution < -0.4 is 0 Å². The van der Waals surface area contributed by atoms with E-state index >= 15 is 0 Å². The van der Waals surface area contributed by atoms with Crippen LogP contribution in [0.15, 0.2) is 48.5 Å². The van der Waals surface area contributed by atoms with E-state index in [1.807, 2.05) is 18.7 Å². The van der Waals surface area contributed by atoms with E-state index in [1.54, 1.807) is 0 Å². The normalized spacial score (nSPS) is 18.9. The molecule has 0 bridgehead atoms. The zero-order chi connectivity index (χ0) is 35.3. The van der Waals surface area contributed by atoms with Gasteiger partial charge < -0.3 is 10.2 Å². The van der Waals surface area contributed by atoms with Crippen LogP contribution in [-0.2, 0) is 21.7 Å². The average Bonchev–Trinajstić information content (AvgIpc) is 2.92. The summed E-state index contributed by atoms with van der Waals surface area (Å²) in [4.78, 5) is 22.3. The summed E-state index contributed by atoms with van der Waals surface area (Å²) in [6.45, 7) is 4.35. The molecule has 258 valence electrons. The Morgan fingerprint density at radius 1 is 0.804 bits per heavy atom. The standard InChI is InChI=1S/C28H31F8NO2.C2HF3O2/c1-17(2)3-12-23(19-4-8-21(9-5-19)26(29,30)28(34,35)36)37-14-13-18(16-25(38)39)15-24(37)20-6-10-22(11-7-20)27(31,32)33;3-2(4,5)1(6)7/h4-11,17-18,23-24H,3,12-16H2,1-2H3,(H,38,39);(H,6,7)/t18-,23-,24+;/m1./s1. The van der Waals surface area contributed by atoms with Gasteiger partial charge in [-0.3, -0.25) is 9.69 Å². The minimum atomic E-state index is -5.74. The van der Waals surface area contributed by atoms with Gasteiger partial charge in [-0.2, -0.15) is 48.3 Å². The van der Waals surface area contributed by atoms with Crippen LogP contribution in [0.3, 0.4) is 0 Å². The maximum absolute atomic E-state index is 13.9. The van der Waals surface area contributed by atoms with Crippen molar-refractivity contribution < 1.29 is 68.1 Å². The van der Waals surface area contributed by atoms with Crippen LogP contribution in [0.4, 0.5) is 48.3 Å². The lowest BCUT2D eigenvalue weighted by Gasteiger charge is -2.44. The Balaban J connectivity index is 0.000000942. The average molecular weight is 680 g/mol. The molecule has 1 aliphatic heterocycles. The first-order valence-electron chi connectivity index (χ1n) is 13.9. The zero-order valence-electron chi connectivity index (χ0n) is 24.5. The van der Waals surface area contributed by atoms with Crippen molar-refractivity contribution in [3.05, 3.63) is 70.8 Å². The molecule has 0 spiro atoms. The molecule has 46 heavy (non-hydrogen) atoms. The van der Waals surface area contributed by atoms with Crippen LogP contribution in [0.5, 0.6) is 0 Å². The van der Waals surface area contributed by atoms with Gasteiger partial charge in [0.05, 0.1) is 5.56 Å². The molecule has 1 fully saturated rings. The second kappa shape index (κ2) is 15.0. The van der Waals surface area contributed by atoms with Gasteiger partial charge in [0.25, 0.3) is 0 Å². The lowest BCUT2D eigenvalue weighted by atomic mass is 9.82. The summed E-state index contributed by atoms with van der Waals surface area (Å²) < 4.78 is 138. The van der Waals surface area contributed by atoms with Crippen LogP contribution in [0.1, 0.15) is 80.3 Å². The fourth-order valence-electron chi connectivity index (χ4n) is 5.18. The molecule has 16 heteroatoms. The second-order valence-electron chi connectivity index (χ2n) is 11.3. The SMILES string of the molecule is CC(C)CC[C@H](c1ccc(C(F)(F)C(F)(F)F)cc1)N1CC[C@@H](CC(=O)O)C[C@H]1c1ccc(C(F)(F)F)cc1.O=C(O)C(F)(F)F. The number of carboxylic acid groups (broad SMARTS) is 2. The van der Waals surface area contributed by atoms with Crippen molar-refractivity contribution in [2.75, 3.05) is 6.54 Å². The van der Waals surface area contributed by atoms with Gasteiger partial charge in [0.1, 0.15) is 0 Å². The molecule has 0 aliphatic carbocycles. The predicted molar refractivity (Wildman–Crippen MR) is 143 cm³/mol. The first-order chi connectivity index (χ1) is 20.9. The molecule has 5 nitrogen and oxygen atoms in total. The number of alkyl halides is 11. The number of likely N-dealkylation sites (tertiary alicyclic amines) is 1. The summed E-state index contributed by atoms with van der Waals surface area (Å²) in [5, 5.41) is 16.4. The van der Waals surface area contributed by atoms with Crippen molar-refractivity contribution in [2.45, 2.75) is 82.5 Å². The van der Waals surface area contributed by atoms with Gasteiger partial charge in [0.15, 0.2) is 0 Å². The van der Waals surface area contributed by atoms with E-state index in [4.69, 9.17) is 9.90 Å². The van der Waals surface area contributed by atoms with E-state index in [-0.39, 0.29) is 18.3 Å². The van der Waals surface area contributed by atoms with Crippen molar-refractivity contribution in [1.29, 1.82) is 0 Å². The maximum atomic E-state index is 13.9. The van der Waals surface area contributed by atoms with E-state index in [1.165, 1.54) is 24.3 Å². The summed E-state index contributed by atoms with van der Waals surface area (Å²) in [6.07, 6.45) is -13.4. The Morgan fingerprint density at radius 2 is 1.30 bits per heavy atom. The van der Waals surface area contributed by atoms with Gasteiger partial charge >= 0.3 is 36.4 Å². The van der Waals surface area contributed by atoms with Crippen LogP contribution in [0.2, 0.25) is 0 Å². The third-order valence-electron chi connectivity index (χ3n) is 7.51. The second-order valence-corrected chi connectivity index (χ2v) is 11.3. The lowest BCUT2D eigenvalue weighted by Crippen LogP contribution is -2.40. The molecule has 2 aromatic carbocycles. The molecule has 1 aliphatic rings. The number of carboxylic acids is 2. The van der Waals surface area contributed by atoms with Gasteiger partial charge in [-0.05, 0) is 67.3 Å². The highest BCUT2D eigenvalue weighted by Gasteiger charge is 2.58. The van der Waals surface area contributed by atoms with E-state index in [2.05, 4.69) is 0 Å². The Hall–Kier alpha value is -3.43. The monoisotopic (exact) mass is 679 g/mol. The number of halogens is 11. The number of carbonyl (C=O) groups is 2. The Labute approximate surface area is 257 Å². The van der Waals surface area contributed by atoms with Crippen LogP contribution in [0, 0.1) is 11.8 Å². The van der Waals surface area contributed by atoms with E-state index < -0.39 is 59.6 Å². The fourth-order valence-corrected chi connectivity index (χ4v) is 5.18. The molecule has 0 saturated carbocycles. The molecule has 0 amide bonds. The fraction of sp³-hybridized carbons (Fsp3) is 0.533. The number of nitrogens with zero attached hydrogens (tertiary/aromatic N) is 1. The van der Waals surface area contributed by atoms with Crippen LogP contribution in [0.25, 0.3) is 0 Å². The quantitative estimate of drug-likeness (QED) is 0.258. The first-order valence-corrected chi connectivity index (χ1v) is 13.9. The molecule has 0 radical (unpaired) electrons. The third kappa shape index (κ3) is 10.6. The predicted octanol–water partition coefficient (Wildman–Crippen LogP) is 9.40. The Bertz CT molecular complexity index is 1290. The maximum Gasteiger partial charge on any atom is 0.490 e. The minimum Gasteiger partial charge on any atom is -0.481 e. The Kier molecular flexibility index (Phi) is 12.6. The minimum absolute atomic E-state index is 0.108. The number of benzene rings is 2. The number of rotatable bonds is 9. The van der Waals surface area contributed by atoms with Gasteiger partial charge in [0, 0.05) is 24.1 Å². The van der Waals surface area contributed by atoms with Crippen molar-refractivity contribution in [2.24, 2.45) is 11.8 Å². The van der Waals surface area contributed by atoms with Crippen LogP contribution in [-0.4, -0.2) is 45.9 Å². The molecule has 0 aromatic heterocycles. The molecule has 2 N–H and O–H groups in total. The molecule has 3 rings (SSSR count). The van der Waals surface area contributed by atoms with E-state index in [0.717, 1.165) is 24.3 Å². The smallest absolute Gasteiger partial charge is 0.481 e. The summed E-state index contributed by atoms with van der Waals surface area (Å²) in [5.74, 6) is -8.75. The highest BCUT2D eigenvalue weighted by Crippen LogP contribution is 2.46. The highest BCUT2D eigenvalue weighted by atomic mass is 19.4. The Morgan fingerprint density at radius 3 is 1.72 bits per heavy atom. The summed E-state index contributed by atoms with van der Waals surface area (Å²) in [7, 11) is 0. The highest BCUT2D eigenvalue weighted by molar-refractivity contribution is 5.73. The molecule has 3 atom stereocenters. The van der Waals surface area contributed by atoms with Crippen molar-refractivity contribution in [1.82, 2.24) is 4.90 Å². The zero-order valence-corrected chi connectivity index (χ0v) is 24.5. The number of piperidine rings is 1. The first kappa shape index (κ1) is 38.8. The number of hydrogen-bond acceptors (Lipinski definition) is 3. The molecule has 0 unspecified atom stereocenters. The van der Waals surface area contributed by atoms with Gasteiger partial charge in [-0.15, -0.1) is 0 Å². The molecule has 1 heterocycles. The van der Waals surface area contributed by atoms with Gasteiger partial charge in [-0.1, -0.05) is 50.2 Å². The molecular formula is C30H32F11NO4. The molecule has 2 aromatic rings. The van der Waals surface area contributed by atoms with E-state index in [0.29, 0.717) is 43.4 Å². The largest absolute Gasteiger partial charge is 0.490 e. The number of hydrogen-bond donors (Lipinski definition) is 2. The summed E-state index contributed by atoms with van der Waals surface area (Å²) in [5.41, 5.74) is -0.951. The topological polar surface area (TPSA) is 77.8 Å². The van der Waals surface area contributed by atoms with E-state index in [9.17, 15) is 58.2 Å². The van der Waals surface area contributed by atoms with Crippen molar-refractivity contribution in [3.8, 4) is 0 Å².